The van der Waals surface area contributed by atoms with E-state index in [4.69, 9.17) is 9.84 Å². The molecule has 0 aliphatic rings. The molecule has 10 heavy (non-hydrogen) atoms. The van der Waals surface area contributed by atoms with Gasteiger partial charge in [-0.05, 0) is 18.7 Å². The molecule has 0 aliphatic carbocycles. The lowest BCUT2D eigenvalue weighted by Crippen LogP contribution is -2.12. The highest BCUT2D eigenvalue weighted by molar-refractivity contribution is 4.96. The summed E-state index contributed by atoms with van der Waals surface area (Å²) in [6, 6.07) is 0. The van der Waals surface area contributed by atoms with Crippen LogP contribution in [0.2, 0.25) is 0 Å². The first-order valence-corrected chi connectivity index (χ1v) is 3.30. The van der Waals surface area contributed by atoms with Crippen molar-refractivity contribution in [3.63, 3.8) is 0 Å². The van der Waals surface area contributed by atoms with E-state index in [2.05, 4.69) is 5.32 Å². The lowest BCUT2D eigenvalue weighted by molar-refractivity contribution is 0.225. The Hall–Kier alpha value is -0.540. The predicted octanol–water partition coefficient (Wildman–Crippen LogP) is 0.118. The number of nitrogens with one attached hydrogen (secondary N) is 1. The molecule has 0 fully saturated rings. The van der Waals surface area contributed by atoms with Crippen LogP contribution in [0.15, 0.2) is 11.8 Å². The van der Waals surface area contributed by atoms with Crippen molar-refractivity contribution >= 4 is 0 Å². The maximum Gasteiger partial charge on any atom is 0.0687 e. The Labute approximate surface area is 61.7 Å². The molecule has 3 nitrogen and oxygen atoms in total. The molecule has 0 heterocycles. The summed E-state index contributed by atoms with van der Waals surface area (Å²) in [4.78, 5) is 0. The number of hydrogen-bond donors (Lipinski definition) is 2. The standard InChI is InChI=1S/C7H15NO2/c1-7(6-10-2)5-8-3-4-9/h5,8-9H,3-4,6H2,1-2H3/b7-5+. The van der Waals surface area contributed by atoms with Gasteiger partial charge in [0.05, 0.1) is 13.2 Å². The van der Waals surface area contributed by atoms with Crippen LogP contribution in [0.25, 0.3) is 0 Å². The summed E-state index contributed by atoms with van der Waals surface area (Å²) in [6.45, 7) is 3.37. The first kappa shape index (κ1) is 9.46. The average Bonchev–Trinajstić information content (AvgIpc) is 1.89. The van der Waals surface area contributed by atoms with Crippen LogP contribution in [0.3, 0.4) is 0 Å². The molecule has 0 atom stereocenters. The molecule has 0 aromatic heterocycles. The van der Waals surface area contributed by atoms with E-state index in [1.165, 1.54) is 0 Å². The van der Waals surface area contributed by atoms with Crippen molar-refractivity contribution in [2.45, 2.75) is 6.92 Å². The molecule has 0 aromatic carbocycles. The second kappa shape index (κ2) is 6.58. The molecule has 0 aromatic rings. The maximum atomic E-state index is 8.39. The van der Waals surface area contributed by atoms with Gasteiger partial charge in [0.25, 0.3) is 0 Å². The van der Waals surface area contributed by atoms with Gasteiger partial charge < -0.3 is 15.2 Å². The Morgan fingerprint density at radius 3 is 2.90 bits per heavy atom. The van der Waals surface area contributed by atoms with Crippen LogP contribution in [0.1, 0.15) is 6.92 Å². The third-order valence-corrected chi connectivity index (χ3v) is 0.977. The minimum absolute atomic E-state index is 0.163. The third-order valence-electron chi connectivity index (χ3n) is 0.977. The molecule has 0 radical (unpaired) electrons. The summed E-state index contributed by atoms with van der Waals surface area (Å²) in [7, 11) is 1.66. The minimum atomic E-state index is 0.163. The fourth-order valence-corrected chi connectivity index (χ4v) is 0.580. The van der Waals surface area contributed by atoms with Crippen molar-refractivity contribution in [3.05, 3.63) is 11.8 Å². The van der Waals surface area contributed by atoms with Crippen LogP contribution < -0.4 is 5.32 Å². The second-order valence-corrected chi connectivity index (χ2v) is 2.10. The summed E-state index contributed by atoms with van der Waals surface area (Å²) in [5.74, 6) is 0. The van der Waals surface area contributed by atoms with E-state index in [1.54, 1.807) is 7.11 Å². The molecule has 0 saturated heterocycles. The Balaban J connectivity index is 3.28. The highest BCUT2D eigenvalue weighted by Crippen LogP contribution is 1.88. The van der Waals surface area contributed by atoms with Gasteiger partial charge in [0.15, 0.2) is 0 Å². The van der Waals surface area contributed by atoms with Gasteiger partial charge in [0.2, 0.25) is 0 Å². The zero-order valence-electron chi connectivity index (χ0n) is 6.55. The first-order chi connectivity index (χ1) is 4.81. The van der Waals surface area contributed by atoms with Crippen LogP contribution in [-0.4, -0.2) is 32.0 Å². The SMILES string of the molecule is COC/C(C)=C/NCCO. The Morgan fingerprint density at radius 2 is 2.40 bits per heavy atom. The molecule has 2 N–H and O–H groups in total. The number of methoxy groups -OCH3 is 1. The summed E-state index contributed by atoms with van der Waals surface area (Å²) < 4.78 is 4.86. The van der Waals surface area contributed by atoms with E-state index in [-0.39, 0.29) is 6.61 Å². The van der Waals surface area contributed by atoms with Gasteiger partial charge in [-0.2, -0.15) is 0 Å². The topological polar surface area (TPSA) is 41.5 Å². The van der Waals surface area contributed by atoms with Gasteiger partial charge in [-0.3, -0.25) is 0 Å². The van der Waals surface area contributed by atoms with Crippen molar-refractivity contribution in [3.8, 4) is 0 Å². The van der Waals surface area contributed by atoms with Gasteiger partial charge >= 0.3 is 0 Å². The Kier molecular flexibility index (Phi) is 6.22. The number of rotatable bonds is 5. The fraction of sp³-hybridized carbons (Fsp3) is 0.714. The minimum Gasteiger partial charge on any atom is -0.395 e. The highest BCUT2D eigenvalue weighted by atomic mass is 16.5. The van der Waals surface area contributed by atoms with E-state index >= 15 is 0 Å². The van der Waals surface area contributed by atoms with Crippen molar-refractivity contribution in [1.29, 1.82) is 0 Å². The largest absolute Gasteiger partial charge is 0.395 e. The Bertz CT molecular complexity index is 102. The molecule has 0 spiro atoms. The van der Waals surface area contributed by atoms with Crippen molar-refractivity contribution < 1.29 is 9.84 Å². The molecule has 0 rings (SSSR count). The summed E-state index contributed by atoms with van der Waals surface area (Å²) in [5.41, 5.74) is 1.12. The monoisotopic (exact) mass is 145 g/mol. The van der Waals surface area contributed by atoms with E-state index in [0.29, 0.717) is 13.2 Å². The molecule has 0 aliphatic heterocycles. The molecule has 0 amide bonds. The van der Waals surface area contributed by atoms with E-state index < -0.39 is 0 Å². The number of aliphatic hydroxyl groups excluding tert-OH is 1. The predicted molar refractivity (Wildman–Crippen MR) is 40.7 cm³/mol. The lowest BCUT2D eigenvalue weighted by Gasteiger charge is -2.00. The van der Waals surface area contributed by atoms with Crippen LogP contribution in [0.5, 0.6) is 0 Å². The second-order valence-electron chi connectivity index (χ2n) is 2.10. The molecular formula is C7H15NO2. The van der Waals surface area contributed by atoms with E-state index in [1.807, 2.05) is 13.1 Å². The number of ether oxygens (including phenoxy) is 1. The van der Waals surface area contributed by atoms with Gasteiger partial charge in [-0.25, -0.2) is 0 Å². The van der Waals surface area contributed by atoms with Crippen LogP contribution in [0.4, 0.5) is 0 Å². The average molecular weight is 145 g/mol. The maximum absolute atomic E-state index is 8.39. The zero-order chi connectivity index (χ0) is 7.82. The van der Waals surface area contributed by atoms with Crippen molar-refractivity contribution in [1.82, 2.24) is 5.32 Å². The molecule has 0 unspecified atom stereocenters. The molecule has 0 bridgehead atoms. The fourth-order valence-electron chi connectivity index (χ4n) is 0.580. The van der Waals surface area contributed by atoms with Gasteiger partial charge in [-0.15, -0.1) is 0 Å². The Morgan fingerprint density at radius 1 is 1.70 bits per heavy atom. The molecular weight excluding hydrogens is 130 g/mol. The van der Waals surface area contributed by atoms with Crippen molar-refractivity contribution in [2.24, 2.45) is 0 Å². The van der Waals surface area contributed by atoms with Crippen LogP contribution in [-0.2, 0) is 4.74 Å². The molecule has 3 heteroatoms. The molecule has 60 valence electrons. The quantitative estimate of drug-likeness (QED) is 0.540. The number of hydrogen-bond acceptors (Lipinski definition) is 3. The third kappa shape index (κ3) is 5.59. The van der Waals surface area contributed by atoms with Crippen LogP contribution >= 0.6 is 0 Å². The smallest absolute Gasteiger partial charge is 0.0687 e. The molecule has 0 saturated carbocycles. The summed E-state index contributed by atoms with van der Waals surface area (Å²) >= 11 is 0. The van der Waals surface area contributed by atoms with Gasteiger partial charge in [0, 0.05) is 13.7 Å². The zero-order valence-corrected chi connectivity index (χ0v) is 6.55. The lowest BCUT2D eigenvalue weighted by atomic mass is 10.3. The number of aliphatic hydroxyl groups is 1. The summed E-state index contributed by atoms with van der Waals surface area (Å²) in [5, 5.41) is 11.3. The van der Waals surface area contributed by atoms with Crippen LogP contribution in [0, 0.1) is 0 Å². The summed E-state index contributed by atoms with van der Waals surface area (Å²) in [6.07, 6.45) is 1.85. The van der Waals surface area contributed by atoms with E-state index in [9.17, 15) is 0 Å². The van der Waals surface area contributed by atoms with E-state index in [0.717, 1.165) is 5.57 Å². The van der Waals surface area contributed by atoms with Gasteiger partial charge in [0.1, 0.15) is 0 Å². The van der Waals surface area contributed by atoms with Crippen molar-refractivity contribution in [2.75, 3.05) is 26.9 Å². The van der Waals surface area contributed by atoms with Gasteiger partial charge in [-0.1, -0.05) is 0 Å². The first-order valence-electron chi connectivity index (χ1n) is 3.30. The normalized spacial score (nSPS) is 11.7. The highest BCUT2D eigenvalue weighted by Gasteiger charge is 1.84.